The molecule has 24 heavy (non-hydrogen) atoms. The average Bonchev–Trinajstić information content (AvgIpc) is 2.64. The van der Waals surface area contributed by atoms with Crippen LogP contribution in [0.15, 0.2) is 48.7 Å². The van der Waals surface area contributed by atoms with E-state index in [1.165, 1.54) is 24.8 Å². The van der Waals surface area contributed by atoms with Crippen LogP contribution < -0.4 is 10.6 Å². The van der Waals surface area contributed by atoms with E-state index >= 15 is 0 Å². The van der Waals surface area contributed by atoms with Crippen molar-refractivity contribution in [3.05, 3.63) is 59.8 Å². The molecule has 2 N–H and O–H groups in total. The van der Waals surface area contributed by atoms with Crippen molar-refractivity contribution < 1.29 is 4.79 Å². The molecule has 3 rings (SSSR count). The molecule has 0 unspecified atom stereocenters. The predicted molar refractivity (Wildman–Crippen MR) is 97.2 cm³/mol. The standard InChI is InChI=1S/C20H25N3O/c24-20(22-15-13-16-8-3-1-4-9-16)18-12-7-14-21-19(18)23-17-10-5-2-6-11-17/h1,3-4,7-9,12,14,17H,2,5-6,10-11,13,15H2,(H,21,23)(H,22,24). The maximum absolute atomic E-state index is 12.5. The Bertz CT molecular complexity index is 651. The summed E-state index contributed by atoms with van der Waals surface area (Å²) in [6.07, 6.45) is 8.71. The molecule has 2 aromatic rings. The maximum Gasteiger partial charge on any atom is 0.255 e. The molecular formula is C20H25N3O. The van der Waals surface area contributed by atoms with E-state index in [2.05, 4.69) is 27.8 Å². The van der Waals surface area contributed by atoms with Crippen molar-refractivity contribution >= 4 is 11.7 Å². The monoisotopic (exact) mass is 323 g/mol. The normalized spacial score (nSPS) is 15.0. The van der Waals surface area contributed by atoms with Gasteiger partial charge in [-0.3, -0.25) is 4.79 Å². The summed E-state index contributed by atoms with van der Waals surface area (Å²) >= 11 is 0. The quantitative estimate of drug-likeness (QED) is 0.850. The Hall–Kier alpha value is -2.36. The fraction of sp³-hybridized carbons (Fsp3) is 0.400. The lowest BCUT2D eigenvalue weighted by Crippen LogP contribution is -2.29. The van der Waals surface area contributed by atoms with Crippen molar-refractivity contribution in [3.63, 3.8) is 0 Å². The summed E-state index contributed by atoms with van der Waals surface area (Å²) in [6.45, 7) is 0.626. The van der Waals surface area contributed by atoms with Gasteiger partial charge in [0, 0.05) is 18.8 Å². The number of carbonyl (C=O) groups is 1. The molecule has 0 atom stereocenters. The average molecular weight is 323 g/mol. The Kier molecular flexibility index (Phi) is 5.83. The van der Waals surface area contributed by atoms with Crippen LogP contribution in [0.5, 0.6) is 0 Å². The summed E-state index contributed by atoms with van der Waals surface area (Å²) in [7, 11) is 0. The Morgan fingerprint density at radius 3 is 2.62 bits per heavy atom. The smallest absolute Gasteiger partial charge is 0.255 e. The molecule has 1 saturated carbocycles. The number of hydrogen-bond donors (Lipinski definition) is 2. The summed E-state index contributed by atoms with van der Waals surface area (Å²) in [5, 5.41) is 6.47. The van der Waals surface area contributed by atoms with Gasteiger partial charge in [0.15, 0.2) is 0 Å². The highest BCUT2D eigenvalue weighted by Crippen LogP contribution is 2.22. The minimum absolute atomic E-state index is 0.0580. The first-order valence-corrected chi connectivity index (χ1v) is 8.86. The van der Waals surface area contributed by atoms with Gasteiger partial charge in [0.05, 0.1) is 5.56 Å². The lowest BCUT2D eigenvalue weighted by molar-refractivity contribution is 0.0954. The third-order valence-corrected chi connectivity index (χ3v) is 4.54. The van der Waals surface area contributed by atoms with Crippen LogP contribution in [0.2, 0.25) is 0 Å². The first-order chi connectivity index (χ1) is 11.8. The van der Waals surface area contributed by atoms with Gasteiger partial charge in [-0.05, 0) is 37.0 Å². The van der Waals surface area contributed by atoms with Gasteiger partial charge in [0.2, 0.25) is 0 Å². The Labute approximate surface area is 143 Å². The molecule has 0 spiro atoms. The van der Waals surface area contributed by atoms with Gasteiger partial charge < -0.3 is 10.6 Å². The zero-order valence-corrected chi connectivity index (χ0v) is 14.0. The lowest BCUT2D eigenvalue weighted by atomic mass is 9.95. The molecule has 0 radical (unpaired) electrons. The summed E-state index contributed by atoms with van der Waals surface area (Å²) in [5.74, 6) is 0.652. The number of anilines is 1. The number of nitrogens with one attached hydrogen (secondary N) is 2. The molecule has 1 aliphatic carbocycles. The van der Waals surface area contributed by atoms with Gasteiger partial charge in [-0.1, -0.05) is 49.6 Å². The molecular weight excluding hydrogens is 298 g/mol. The van der Waals surface area contributed by atoms with Crippen molar-refractivity contribution in [1.82, 2.24) is 10.3 Å². The van der Waals surface area contributed by atoms with Gasteiger partial charge in [-0.25, -0.2) is 4.98 Å². The molecule has 1 aliphatic rings. The molecule has 1 amide bonds. The summed E-state index contributed by atoms with van der Waals surface area (Å²) in [4.78, 5) is 16.9. The van der Waals surface area contributed by atoms with E-state index < -0.39 is 0 Å². The first kappa shape index (κ1) is 16.5. The predicted octanol–water partition coefficient (Wildman–Crippen LogP) is 3.80. The highest BCUT2D eigenvalue weighted by Gasteiger charge is 2.17. The molecule has 1 aromatic carbocycles. The second kappa shape index (κ2) is 8.48. The number of pyridine rings is 1. The second-order valence-electron chi connectivity index (χ2n) is 6.37. The van der Waals surface area contributed by atoms with Crippen LogP contribution in [-0.2, 0) is 6.42 Å². The van der Waals surface area contributed by atoms with Crippen molar-refractivity contribution in [3.8, 4) is 0 Å². The number of rotatable bonds is 6. The van der Waals surface area contributed by atoms with Crippen LogP contribution in [0.3, 0.4) is 0 Å². The van der Waals surface area contributed by atoms with Crippen molar-refractivity contribution in [2.75, 3.05) is 11.9 Å². The number of carbonyl (C=O) groups excluding carboxylic acids is 1. The van der Waals surface area contributed by atoms with Crippen molar-refractivity contribution in [2.24, 2.45) is 0 Å². The zero-order valence-electron chi connectivity index (χ0n) is 14.0. The van der Waals surface area contributed by atoms with Gasteiger partial charge in [-0.15, -0.1) is 0 Å². The SMILES string of the molecule is O=C(NCCc1ccccc1)c1cccnc1NC1CCCCC1. The summed E-state index contributed by atoms with van der Waals surface area (Å²) in [5.41, 5.74) is 1.86. The molecule has 1 aromatic heterocycles. The Balaban J connectivity index is 1.57. The van der Waals surface area contributed by atoms with Crippen LogP contribution >= 0.6 is 0 Å². The number of hydrogen-bond acceptors (Lipinski definition) is 3. The van der Waals surface area contributed by atoms with Gasteiger partial charge in [0.1, 0.15) is 5.82 Å². The lowest BCUT2D eigenvalue weighted by Gasteiger charge is -2.24. The molecule has 1 heterocycles. The van der Waals surface area contributed by atoms with Crippen molar-refractivity contribution in [2.45, 2.75) is 44.6 Å². The topological polar surface area (TPSA) is 54.0 Å². The Morgan fingerprint density at radius 2 is 1.83 bits per heavy atom. The molecule has 0 bridgehead atoms. The zero-order chi connectivity index (χ0) is 16.6. The minimum Gasteiger partial charge on any atom is -0.367 e. The van der Waals surface area contributed by atoms with Crippen LogP contribution in [0.4, 0.5) is 5.82 Å². The molecule has 4 heteroatoms. The van der Waals surface area contributed by atoms with Crippen LogP contribution in [0.1, 0.15) is 48.0 Å². The fourth-order valence-corrected chi connectivity index (χ4v) is 3.20. The Morgan fingerprint density at radius 1 is 1.04 bits per heavy atom. The summed E-state index contributed by atoms with van der Waals surface area (Å²) in [6, 6.07) is 14.3. The first-order valence-electron chi connectivity index (χ1n) is 8.86. The van der Waals surface area contributed by atoms with Crippen LogP contribution in [-0.4, -0.2) is 23.5 Å². The van der Waals surface area contributed by atoms with E-state index in [0.29, 0.717) is 24.0 Å². The second-order valence-corrected chi connectivity index (χ2v) is 6.37. The fourth-order valence-electron chi connectivity index (χ4n) is 3.20. The summed E-state index contributed by atoms with van der Waals surface area (Å²) < 4.78 is 0. The minimum atomic E-state index is -0.0580. The highest BCUT2D eigenvalue weighted by atomic mass is 16.1. The van der Waals surface area contributed by atoms with Gasteiger partial charge >= 0.3 is 0 Å². The van der Waals surface area contributed by atoms with E-state index in [-0.39, 0.29) is 5.91 Å². The van der Waals surface area contributed by atoms with Gasteiger partial charge in [0.25, 0.3) is 5.91 Å². The van der Waals surface area contributed by atoms with Gasteiger partial charge in [-0.2, -0.15) is 0 Å². The third kappa shape index (κ3) is 4.57. The number of amides is 1. The molecule has 0 aliphatic heterocycles. The van der Waals surface area contributed by atoms with Crippen LogP contribution in [0.25, 0.3) is 0 Å². The largest absolute Gasteiger partial charge is 0.367 e. The molecule has 4 nitrogen and oxygen atoms in total. The van der Waals surface area contributed by atoms with E-state index in [1.54, 1.807) is 6.20 Å². The maximum atomic E-state index is 12.5. The number of nitrogens with zero attached hydrogens (tertiary/aromatic N) is 1. The van der Waals surface area contributed by atoms with E-state index in [0.717, 1.165) is 19.3 Å². The molecule has 126 valence electrons. The van der Waals surface area contributed by atoms with Crippen molar-refractivity contribution in [1.29, 1.82) is 0 Å². The third-order valence-electron chi connectivity index (χ3n) is 4.54. The number of benzene rings is 1. The van der Waals surface area contributed by atoms with E-state index in [1.807, 2.05) is 30.3 Å². The van der Waals surface area contributed by atoms with E-state index in [4.69, 9.17) is 0 Å². The van der Waals surface area contributed by atoms with E-state index in [9.17, 15) is 4.79 Å². The highest BCUT2D eigenvalue weighted by molar-refractivity contribution is 5.98. The number of aromatic nitrogens is 1. The molecule has 0 saturated heterocycles. The van der Waals surface area contributed by atoms with Crippen LogP contribution in [0, 0.1) is 0 Å². The molecule has 1 fully saturated rings.